The van der Waals surface area contributed by atoms with Gasteiger partial charge in [0.2, 0.25) is 0 Å². The minimum atomic E-state index is 0.290. The Bertz CT molecular complexity index is 2520. The number of hydrogen-bond donors (Lipinski definition) is 0. The Hall–Kier alpha value is -2.60. The van der Waals surface area contributed by atoms with Crippen LogP contribution in [-0.2, 0) is 0 Å². The molecule has 0 spiro atoms. The van der Waals surface area contributed by atoms with Crippen molar-refractivity contribution in [3.8, 4) is 0 Å². The highest BCUT2D eigenvalue weighted by atomic mass is 14.4. The van der Waals surface area contributed by atoms with Crippen molar-refractivity contribution >= 4 is 0 Å². The van der Waals surface area contributed by atoms with Gasteiger partial charge in [-0.05, 0) is 223 Å². The molecule has 0 heteroatoms. The lowest BCUT2D eigenvalue weighted by Gasteiger charge is -2.37. The molecule has 0 radical (unpaired) electrons. The standard InChI is InChI=1S/C11H22.2C11H20.2C11H18.C10H20.2C10H18.C10H16/c5*1-9(2)10-6-5-7-11(3,4)8-10;4*1-8(2)9-5-6-10(3,4)7-9/h9-10H,5-8H2,1-4H3;8-9H,5-7H2,1-4H3;6,9H,5,7-8H2,1-4H3;5,7-9H,6H2,1-4H3;5-6,8-9H,7H2,1-4H3;8-9H,5-7H2,1-4H3;7-8H,5-6H2,1-4H3;5,8H,6-7H2,1-4H3;5-8H,1-4H3. The highest BCUT2D eigenvalue weighted by molar-refractivity contribution is 5.33. The van der Waals surface area contributed by atoms with Gasteiger partial charge in [0, 0.05) is 10.8 Å². The van der Waals surface area contributed by atoms with Gasteiger partial charge < -0.3 is 0 Å². The molecular weight excluding hydrogens is 1140 g/mol. The molecule has 2 saturated carbocycles. The van der Waals surface area contributed by atoms with Gasteiger partial charge in [-0.15, -0.1) is 0 Å². The highest BCUT2D eigenvalue weighted by Gasteiger charge is 2.33. The predicted octanol–water partition coefficient (Wildman–Crippen LogP) is 31.9. The van der Waals surface area contributed by atoms with Crippen molar-refractivity contribution in [3.05, 3.63) is 118 Å². The van der Waals surface area contributed by atoms with Gasteiger partial charge in [0.1, 0.15) is 0 Å². The smallest absolute Gasteiger partial charge is 0.00135 e. The summed E-state index contributed by atoms with van der Waals surface area (Å²) in [5.41, 5.74) is 15.5. The van der Waals surface area contributed by atoms with E-state index in [1.54, 1.807) is 27.9 Å². The van der Waals surface area contributed by atoms with Crippen LogP contribution in [0.2, 0.25) is 0 Å². The zero-order chi connectivity index (χ0) is 73.5. The maximum absolute atomic E-state index is 2.49. The molecule has 2 unspecified atom stereocenters. The fourth-order valence-corrected chi connectivity index (χ4v) is 15.2. The Morgan fingerprint density at radius 1 is 0.326 bits per heavy atom. The summed E-state index contributed by atoms with van der Waals surface area (Å²) in [6.45, 7) is 83.2. The van der Waals surface area contributed by atoms with Crippen LogP contribution in [0.25, 0.3) is 0 Å². The van der Waals surface area contributed by atoms with Crippen LogP contribution in [0.3, 0.4) is 0 Å². The fraction of sp³-hybridized carbons (Fsp3) is 0.789. The van der Waals surface area contributed by atoms with Crippen molar-refractivity contribution < 1.29 is 0 Å². The van der Waals surface area contributed by atoms with E-state index in [1.165, 1.54) is 127 Å². The quantitative estimate of drug-likeness (QED) is 0.202. The summed E-state index contributed by atoms with van der Waals surface area (Å²) >= 11 is 0. The minimum absolute atomic E-state index is 0.290. The third kappa shape index (κ3) is 38.7. The molecule has 0 aromatic rings. The van der Waals surface area contributed by atoms with Crippen LogP contribution in [0.5, 0.6) is 0 Å². The molecular formula is C95H170. The first-order valence-electron chi connectivity index (χ1n) is 40.1. The molecule has 0 N–H and O–H groups in total. The lowest BCUT2D eigenvalue weighted by molar-refractivity contribution is 0.147. The van der Waals surface area contributed by atoms with Crippen molar-refractivity contribution in [1.82, 2.24) is 0 Å². The largest absolute Gasteiger partial charge is 0.0850 e. The second-order valence-electron chi connectivity index (χ2n) is 41.2. The van der Waals surface area contributed by atoms with Gasteiger partial charge in [0.25, 0.3) is 0 Å². The van der Waals surface area contributed by atoms with Crippen molar-refractivity contribution in [2.24, 2.45) is 114 Å². The second kappa shape index (κ2) is 39.6. The van der Waals surface area contributed by atoms with E-state index in [0.29, 0.717) is 61.1 Å². The van der Waals surface area contributed by atoms with E-state index in [2.05, 4.69) is 328 Å². The molecule has 9 aliphatic rings. The molecule has 0 heterocycles. The molecule has 0 bridgehead atoms. The van der Waals surface area contributed by atoms with E-state index in [1.807, 2.05) is 0 Å². The minimum Gasteiger partial charge on any atom is -0.0850 e. The summed E-state index contributed by atoms with van der Waals surface area (Å²) in [7, 11) is 0. The molecule has 0 aliphatic heterocycles. The van der Waals surface area contributed by atoms with Crippen molar-refractivity contribution in [2.45, 2.75) is 371 Å². The van der Waals surface area contributed by atoms with E-state index in [4.69, 9.17) is 0 Å². The van der Waals surface area contributed by atoms with E-state index >= 15 is 0 Å². The van der Waals surface area contributed by atoms with Crippen LogP contribution in [0.15, 0.2) is 118 Å². The molecule has 0 aromatic heterocycles. The lowest BCUT2D eigenvalue weighted by atomic mass is 9.69. The first-order valence-corrected chi connectivity index (χ1v) is 40.1. The summed E-state index contributed by atoms with van der Waals surface area (Å²) in [6, 6.07) is 0. The normalized spacial score (nSPS) is 24.7. The molecule has 550 valence electrons. The van der Waals surface area contributed by atoms with Crippen LogP contribution in [0, 0.1) is 114 Å². The van der Waals surface area contributed by atoms with Gasteiger partial charge in [-0.1, -0.05) is 369 Å². The van der Waals surface area contributed by atoms with Gasteiger partial charge in [-0.3, -0.25) is 0 Å². The topological polar surface area (TPSA) is 0 Å². The molecule has 9 aliphatic carbocycles. The summed E-state index contributed by atoms with van der Waals surface area (Å²) < 4.78 is 0. The predicted molar refractivity (Wildman–Crippen MR) is 436 cm³/mol. The Morgan fingerprint density at radius 2 is 0.779 bits per heavy atom. The van der Waals surface area contributed by atoms with Crippen LogP contribution in [0.4, 0.5) is 0 Å². The van der Waals surface area contributed by atoms with Gasteiger partial charge in [-0.2, -0.15) is 0 Å². The summed E-state index contributed by atoms with van der Waals surface area (Å²) in [6.07, 6.45) is 56.4. The molecule has 95 heavy (non-hydrogen) atoms. The zero-order valence-corrected chi connectivity index (χ0v) is 71.3. The molecule has 0 saturated heterocycles. The summed E-state index contributed by atoms with van der Waals surface area (Å²) in [4.78, 5) is 0. The number of allylic oxidation sites excluding steroid dienone is 20. The maximum Gasteiger partial charge on any atom is 0.00135 e. The molecule has 0 aromatic carbocycles. The van der Waals surface area contributed by atoms with E-state index in [9.17, 15) is 0 Å². The first-order chi connectivity index (χ1) is 43.1. The van der Waals surface area contributed by atoms with E-state index in [0.717, 1.165) is 53.8 Å². The molecule has 2 atom stereocenters. The maximum atomic E-state index is 2.49. The first kappa shape index (κ1) is 90.4. The fourth-order valence-electron chi connectivity index (χ4n) is 15.2. The molecule has 0 nitrogen and oxygen atoms in total. The van der Waals surface area contributed by atoms with Crippen molar-refractivity contribution in [3.63, 3.8) is 0 Å². The lowest BCUT2D eigenvalue weighted by Crippen LogP contribution is -2.25. The number of rotatable bonds is 9. The van der Waals surface area contributed by atoms with Gasteiger partial charge in [-0.25, -0.2) is 0 Å². The molecule has 0 amide bonds. The Labute approximate surface area is 599 Å². The third-order valence-corrected chi connectivity index (χ3v) is 22.4. The second-order valence-corrected chi connectivity index (χ2v) is 41.2. The van der Waals surface area contributed by atoms with Crippen LogP contribution >= 0.6 is 0 Å². The van der Waals surface area contributed by atoms with Gasteiger partial charge >= 0.3 is 0 Å². The van der Waals surface area contributed by atoms with E-state index in [-0.39, 0.29) is 5.41 Å². The third-order valence-electron chi connectivity index (χ3n) is 22.4. The highest BCUT2D eigenvalue weighted by Crippen LogP contribution is 2.46. The Kier molecular flexibility index (Phi) is 37.7. The monoisotopic (exact) mass is 1310 g/mol. The molecule has 2 fully saturated rings. The average molecular weight is 1310 g/mol. The van der Waals surface area contributed by atoms with Crippen molar-refractivity contribution in [2.75, 3.05) is 0 Å². The average Bonchev–Trinajstić information content (AvgIpc) is 1.93. The molecule has 9 rings (SSSR count). The van der Waals surface area contributed by atoms with Crippen LogP contribution < -0.4 is 0 Å². The SMILES string of the molecule is CC(C)C1=CC(C)(C)C=C1.CC(C)C1=CC(C)(C)C=CC1.CC(C)C1=CC(C)(C)CC1.CC(C)C1=CC(C)(C)CC=C1.CC(C)C1=CC(C)(C)CCC1.CC(C)C1=CCC(C)(C)C1.CC(C)C1=CCCC(C)(C)C1.CC(C)C1CCC(C)(C)C1.CC(C)C1CCCC(C)(C)C1. The summed E-state index contributed by atoms with van der Waals surface area (Å²) in [5, 5.41) is 0. The van der Waals surface area contributed by atoms with Gasteiger partial charge in [0.15, 0.2) is 0 Å². The Balaban J connectivity index is 0.000000535. The van der Waals surface area contributed by atoms with Crippen LogP contribution in [0.1, 0.15) is 371 Å². The van der Waals surface area contributed by atoms with Crippen molar-refractivity contribution in [1.29, 1.82) is 0 Å². The zero-order valence-electron chi connectivity index (χ0n) is 71.3. The summed E-state index contributed by atoms with van der Waals surface area (Å²) in [5.74, 6) is 8.92. The van der Waals surface area contributed by atoms with E-state index < -0.39 is 0 Å². The van der Waals surface area contributed by atoms with Gasteiger partial charge in [0.05, 0.1) is 0 Å². The van der Waals surface area contributed by atoms with Crippen LogP contribution in [-0.4, -0.2) is 0 Å². The Morgan fingerprint density at radius 3 is 1.06 bits per heavy atom. The number of hydrogen-bond acceptors (Lipinski definition) is 0.